The lowest BCUT2D eigenvalue weighted by Crippen LogP contribution is -2.30. The van der Waals surface area contributed by atoms with Gasteiger partial charge in [0.1, 0.15) is 0 Å². The number of hydrogen-bond acceptors (Lipinski definition) is 3. The fourth-order valence-corrected chi connectivity index (χ4v) is 5.06. The highest BCUT2D eigenvalue weighted by atomic mass is 35.5. The first-order valence-corrected chi connectivity index (χ1v) is 8.36. The molecule has 0 aromatic heterocycles. The molecule has 3 aliphatic carbocycles. The number of carbonyl (C=O) groups is 2. The number of nitrogens with zero attached hydrogens (tertiary/aromatic N) is 2. The van der Waals surface area contributed by atoms with Gasteiger partial charge >= 0.3 is 0 Å². The fourth-order valence-electron chi connectivity index (χ4n) is 4.88. The van der Waals surface area contributed by atoms with E-state index in [0.717, 1.165) is 17.9 Å². The lowest BCUT2D eigenvalue weighted by Gasteiger charge is -2.18. The van der Waals surface area contributed by atoms with Gasteiger partial charge in [-0.15, -0.1) is 0 Å². The zero-order valence-corrected chi connectivity index (χ0v) is 13.1. The average Bonchev–Trinajstić information content (AvgIpc) is 3.15. The van der Waals surface area contributed by atoms with Gasteiger partial charge in [-0.2, -0.15) is 10.1 Å². The van der Waals surface area contributed by atoms with Gasteiger partial charge in [-0.25, -0.2) is 0 Å². The number of hydrazone groups is 1. The van der Waals surface area contributed by atoms with Crippen LogP contribution in [0.5, 0.6) is 0 Å². The molecule has 2 amide bonds. The molecule has 5 heteroatoms. The van der Waals surface area contributed by atoms with Gasteiger partial charge < -0.3 is 0 Å². The van der Waals surface area contributed by atoms with Crippen LogP contribution in [-0.4, -0.2) is 23.0 Å². The van der Waals surface area contributed by atoms with Crippen molar-refractivity contribution in [3.8, 4) is 0 Å². The van der Waals surface area contributed by atoms with Crippen molar-refractivity contribution in [1.29, 1.82) is 0 Å². The molecule has 23 heavy (non-hydrogen) atoms. The predicted octanol–water partition coefficient (Wildman–Crippen LogP) is 2.87. The Labute approximate surface area is 138 Å². The fraction of sp³-hybridized carbons (Fsp3) is 0.389. The van der Waals surface area contributed by atoms with Crippen molar-refractivity contribution in [2.24, 2.45) is 34.2 Å². The number of rotatable bonds is 2. The van der Waals surface area contributed by atoms with E-state index in [1.807, 2.05) is 18.2 Å². The first-order valence-electron chi connectivity index (χ1n) is 7.98. The van der Waals surface area contributed by atoms with Crippen LogP contribution in [-0.2, 0) is 9.59 Å². The van der Waals surface area contributed by atoms with Crippen LogP contribution in [0.2, 0.25) is 5.02 Å². The summed E-state index contributed by atoms with van der Waals surface area (Å²) >= 11 is 6.09. The molecule has 1 heterocycles. The van der Waals surface area contributed by atoms with E-state index in [9.17, 15) is 9.59 Å². The van der Waals surface area contributed by atoms with Crippen molar-refractivity contribution < 1.29 is 9.59 Å². The Morgan fingerprint density at radius 2 is 1.70 bits per heavy atom. The van der Waals surface area contributed by atoms with Crippen LogP contribution in [0.4, 0.5) is 0 Å². The van der Waals surface area contributed by atoms with E-state index >= 15 is 0 Å². The van der Waals surface area contributed by atoms with Crippen molar-refractivity contribution >= 4 is 29.6 Å². The van der Waals surface area contributed by atoms with Crippen molar-refractivity contribution in [3.63, 3.8) is 0 Å². The second-order valence-electron chi connectivity index (χ2n) is 6.98. The third-order valence-corrected chi connectivity index (χ3v) is 6.39. The zero-order chi connectivity index (χ0) is 15.8. The first-order chi connectivity index (χ1) is 11.1. The van der Waals surface area contributed by atoms with E-state index < -0.39 is 0 Å². The summed E-state index contributed by atoms with van der Waals surface area (Å²) in [7, 11) is 0. The molecule has 2 bridgehead atoms. The minimum Gasteiger partial charge on any atom is -0.272 e. The summed E-state index contributed by atoms with van der Waals surface area (Å²) in [6.07, 6.45) is 8.11. The lowest BCUT2D eigenvalue weighted by atomic mass is 9.85. The number of hydrogen-bond donors (Lipinski definition) is 0. The molecular weight excluding hydrogens is 312 g/mol. The van der Waals surface area contributed by atoms with E-state index in [2.05, 4.69) is 17.3 Å². The average molecular weight is 327 g/mol. The Morgan fingerprint density at radius 3 is 2.26 bits per heavy atom. The summed E-state index contributed by atoms with van der Waals surface area (Å²) in [4.78, 5) is 25.5. The van der Waals surface area contributed by atoms with Crippen LogP contribution in [0, 0.1) is 29.1 Å². The molecule has 0 radical (unpaired) electrons. The van der Waals surface area contributed by atoms with E-state index in [-0.39, 0.29) is 40.9 Å². The molecule has 116 valence electrons. The quantitative estimate of drug-likeness (QED) is 0.476. The molecule has 4 nitrogen and oxygen atoms in total. The maximum absolute atomic E-state index is 12.7. The second kappa shape index (κ2) is 4.32. The third-order valence-electron chi connectivity index (χ3n) is 6.05. The second-order valence-corrected chi connectivity index (χ2v) is 7.38. The van der Waals surface area contributed by atoms with E-state index in [1.54, 1.807) is 6.07 Å². The van der Waals surface area contributed by atoms with Crippen LogP contribution in [0.1, 0.15) is 18.4 Å². The van der Waals surface area contributed by atoms with E-state index in [1.165, 1.54) is 6.21 Å². The smallest absolute Gasteiger partial charge is 0.254 e. The van der Waals surface area contributed by atoms with Gasteiger partial charge in [-0.05, 0) is 36.2 Å². The minimum absolute atomic E-state index is 0.147. The molecule has 1 saturated heterocycles. The third kappa shape index (κ3) is 1.59. The number of amides is 2. The van der Waals surface area contributed by atoms with Gasteiger partial charge in [-0.3, -0.25) is 9.59 Å². The number of imide groups is 1. The SMILES string of the molecule is O=C1[C@@H]2[C@H](C(=O)N1/N=C\c1ccccc1Cl)[C@H]1C=C[C@@H]2C12CC2. The largest absolute Gasteiger partial charge is 0.272 e. The van der Waals surface area contributed by atoms with Gasteiger partial charge in [0.05, 0.1) is 18.1 Å². The Morgan fingerprint density at radius 1 is 1.09 bits per heavy atom. The Kier molecular flexibility index (Phi) is 2.54. The molecule has 3 fully saturated rings. The standard InChI is InChI=1S/C18H15ClN2O2/c19-13-4-2-1-3-10(13)9-20-21-16(22)14-11-5-6-12(15(14)17(21)23)18(11)7-8-18/h1-6,9,11-12,14-15H,7-8H2/b20-9-/t11-,12+,14-,15+. The molecular formula is C18H15ClN2O2. The summed E-state index contributed by atoms with van der Waals surface area (Å²) < 4.78 is 0. The summed E-state index contributed by atoms with van der Waals surface area (Å²) in [5.74, 6) is -0.242. The van der Waals surface area contributed by atoms with Crippen molar-refractivity contribution in [2.75, 3.05) is 0 Å². The molecule has 1 aliphatic heterocycles. The van der Waals surface area contributed by atoms with Gasteiger partial charge in [0.15, 0.2) is 0 Å². The normalized spacial score (nSPS) is 35.8. The summed E-state index contributed by atoms with van der Waals surface area (Å²) in [5, 5.41) is 5.78. The van der Waals surface area contributed by atoms with Gasteiger partial charge in [0.25, 0.3) is 11.8 Å². The highest BCUT2D eigenvalue weighted by molar-refractivity contribution is 6.33. The Balaban J connectivity index is 1.46. The molecule has 4 aliphatic rings. The first kappa shape index (κ1) is 13.5. The number of halogens is 1. The molecule has 5 rings (SSSR count). The van der Waals surface area contributed by atoms with Crippen molar-refractivity contribution in [1.82, 2.24) is 5.01 Å². The van der Waals surface area contributed by atoms with Gasteiger partial charge in [-0.1, -0.05) is 42.0 Å². The number of allylic oxidation sites excluding steroid dienone is 2. The van der Waals surface area contributed by atoms with Crippen LogP contribution >= 0.6 is 11.6 Å². The minimum atomic E-state index is -0.205. The van der Waals surface area contributed by atoms with Crippen LogP contribution in [0.25, 0.3) is 0 Å². The topological polar surface area (TPSA) is 49.7 Å². The number of fused-ring (bicyclic) bond motifs is 3. The highest BCUT2D eigenvalue weighted by Crippen LogP contribution is 2.73. The maximum atomic E-state index is 12.7. The Bertz CT molecular complexity index is 762. The molecule has 2 saturated carbocycles. The lowest BCUT2D eigenvalue weighted by molar-refractivity contribution is -0.141. The molecule has 0 unspecified atom stereocenters. The maximum Gasteiger partial charge on any atom is 0.254 e. The summed E-state index contributed by atoms with van der Waals surface area (Å²) in [5.41, 5.74) is 0.922. The number of carbonyl (C=O) groups excluding carboxylic acids is 2. The predicted molar refractivity (Wildman–Crippen MR) is 85.7 cm³/mol. The molecule has 1 aromatic rings. The highest BCUT2D eigenvalue weighted by Gasteiger charge is 2.73. The van der Waals surface area contributed by atoms with Crippen LogP contribution < -0.4 is 0 Å². The van der Waals surface area contributed by atoms with Crippen molar-refractivity contribution in [3.05, 3.63) is 47.0 Å². The monoisotopic (exact) mass is 326 g/mol. The van der Waals surface area contributed by atoms with Gasteiger partial charge in [0, 0.05) is 10.6 Å². The molecule has 1 spiro atoms. The van der Waals surface area contributed by atoms with Crippen LogP contribution in [0.15, 0.2) is 41.5 Å². The van der Waals surface area contributed by atoms with Gasteiger partial charge in [0.2, 0.25) is 0 Å². The zero-order valence-electron chi connectivity index (χ0n) is 12.4. The van der Waals surface area contributed by atoms with E-state index in [0.29, 0.717) is 10.6 Å². The summed E-state index contributed by atoms with van der Waals surface area (Å²) in [6.45, 7) is 0. The Hall–Kier alpha value is -1.94. The van der Waals surface area contributed by atoms with Crippen LogP contribution in [0.3, 0.4) is 0 Å². The molecule has 4 atom stereocenters. The summed E-state index contributed by atoms with van der Waals surface area (Å²) in [6, 6.07) is 7.24. The molecule has 0 N–H and O–H groups in total. The number of benzene rings is 1. The van der Waals surface area contributed by atoms with E-state index in [4.69, 9.17) is 11.6 Å². The van der Waals surface area contributed by atoms with Crippen molar-refractivity contribution in [2.45, 2.75) is 12.8 Å². The molecule has 1 aromatic carbocycles.